The van der Waals surface area contributed by atoms with Gasteiger partial charge in [-0.2, -0.15) is 0 Å². The van der Waals surface area contributed by atoms with Crippen LogP contribution in [0.5, 0.6) is 5.75 Å². The molecule has 1 fully saturated rings. The van der Waals surface area contributed by atoms with E-state index in [1.54, 1.807) is 6.07 Å². The summed E-state index contributed by atoms with van der Waals surface area (Å²) in [6.45, 7) is 2.94. The molecule has 0 spiro atoms. The van der Waals surface area contributed by atoms with Gasteiger partial charge in [-0.25, -0.2) is 4.39 Å². The van der Waals surface area contributed by atoms with Crippen LogP contribution >= 0.6 is 0 Å². The lowest BCUT2D eigenvalue weighted by Gasteiger charge is -2.27. The number of ether oxygens (including phenoxy) is 1. The van der Waals surface area contributed by atoms with E-state index in [1.807, 2.05) is 6.92 Å². The first-order chi connectivity index (χ1) is 10.1. The van der Waals surface area contributed by atoms with Gasteiger partial charge in [0.2, 0.25) is 5.91 Å². The van der Waals surface area contributed by atoms with Gasteiger partial charge in [-0.15, -0.1) is 0 Å². The number of halogens is 1. The summed E-state index contributed by atoms with van der Waals surface area (Å²) in [6, 6.07) is 4.16. The number of nitrogens with one attached hydrogen (secondary N) is 1. The summed E-state index contributed by atoms with van der Waals surface area (Å²) in [7, 11) is 0. The maximum absolute atomic E-state index is 13.2. The Bertz CT molecular complexity index is 485. The fourth-order valence-corrected chi connectivity index (χ4v) is 2.77. The number of amides is 1. The molecule has 0 bridgehead atoms. The SMILES string of the molecule is CCOc1cc(F)ccc1NC(=O)C1CCC(CN)CC1. The normalized spacial score (nSPS) is 21.9. The lowest BCUT2D eigenvalue weighted by atomic mass is 9.81. The molecule has 0 heterocycles. The smallest absolute Gasteiger partial charge is 0.227 e. The summed E-state index contributed by atoms with van der Waals surface area (Å²) in [5.74, 6) is 0.533. The molecular weight excluding hydrogens is 271 g/mol. The Morgan fingerprint density at radius 1 is 1.38 bits per heavy atom. The molecule has 3 N–H and O–H groups in total. The monoisotopic (exact) mass is 294 g/mol. The Morgan fingerprint density at radius 3 is 2.71 bits per heavy atom. The lowest BCUT2D eigenvalue weighted by molar-refractivity contribution is -0.121. The molecule has 4 nitrogen and oxygen atoms in total. The Kier molecular flexibility index (Phi) is 5.56. The van der Waals surface area contributed by atoms with Crippen molar-refractivity contribution in [1.29, 1.82) is 0 Å². The highest BCUT2D eigenvalue weighted by Crippen LogP contribution is 2.31. The van der Waals surface area contributed by atoms with Crippen molar-refractivity contribution in [3.05, 3.63) is 24.0 Å². The van der Waals surface area contributed by atoms with Crippen LogP contribution in [0.3, 0.4) is 0 Å². The molecule has 1 amide bonds. The van der Waals surface area contributed by atoms with Crippen molar-refractivity contribution in [3.8, 4) is 5.75 Å². The summed E-state index contributed by atoms with van der Waals surface area (Å²) in [4.78, 5) is 12.3. The molecule has 0 aromatic heterocycles. The van der Waals surface area contributed by atoms with Gasteiger partial charge in [0.1, 0.15) is 11.6 Å². The second-order valence-electron chi connectivity index (χ2n) is 5.52. The van der Waals surface area contributed by atoms with Gasteiger partial charge in [0.05, 0.1) is 12.3 Å². The van der Waals surface area contributed by atoms with E-state index in [4.69, 9.17) is 10.5 Å². The van der Waals surface area contributed by atoms with Crippen LogP contribution in [0.25, 0.3) is 0 Å². The van der Waals surface area contributed by atoms with Gasteiger partial charge in [-0.05, 0) is 57.2 Å². The van der Waals surface area contributed by atoms with E-state index in [9.17, 15) is 9.18 Å². The van der Waals surface area contributed by atoms with E-state index in [0.29, 0.717) is 30.5 Å². The molecule has 2 rings (SSSR count). The first-order valence-electron chi connectivity index (χ1n) is 7.57. The lowest BCUT2D eigenvalue weighted by Crippen LogP contribution is -2.29. The molecule has 1 saturated carbocycles. The molecule has 1 aromatic rings. The third-order valence-corrected chi connectivity index (χ3v) is 4.05. The second kappa shape index (κ2) is 7.41. The highest BCUT2D eigenvalue weighted by Gasteiger charge is 2.26. The molecule has 5 heteroatoms. The van der Waals surface area contributed by atoms with Crippen molar-refractivity contribution in [3.63, 3.8) is 0 Å². The molecule has 1 aliphatic rings. The van der Waals surface area contributed by atoms with Crippen molar-refractivity contribution in [2.24, 2.45) is 17.6 Å². The van der Waals surface area contributed by atoms with Crippen molar-refractivity contribution >= 4 is 11.6 Å². The van der Waals surface area contributed by atoms with Crippen molar-refractivity contribution in [1.82, 2.24) is 0 Å². The number of carbonyl (C=O) groups is 1. The van der Waals surface area contributed by atoms with Crippen LogP contribution in [0.4, 0.5) is 10.1 Å². The van der Waals surface area contributed by atoms with Crippen LogP contribution in [0.2, 0.25) is 0 Å². The maximum atomic E-state index is 13.2. The van der Waals surface area contributed by atoms with Crippen LogP contribution in [0.1, 0.15) is 32.6 Å². The molecule has 21 heavy (non-hydrogen) atoms. The zero-order chi connectivity index (χ0) is 15.2. The third kappa shape index (κ3) is 4.17. The number of hydrogen-bond acceptors (Lipinski definition) is 3. The van der Waals surface area contributed by atoms with Crippen LogP contribution in [-0.4, -0.2) is 19.1 Å². The van der Waals surface area contributed by atoms with E-state index in [1.165, 1.54) is 12.1 Å². The van der Waals surface area contributed by atoms with E-state index in [0.717, 1.165) is 25.7 Å². The minimum absolute atomic E-state index is 0.00679. The van der Waals surface area contributed by atoms with Gasteiger partial charge in [0.15, 0.2) is 0 Å². The molecule has 0 atom stereocenters. The first kappa shape index (κ1) is 15.8. The Morgan fingerprint density at radius 2 is 2.10 bits per heavy atom. The van der Waals surface area contributed by atoms with Crippen molar-refractivity contribution in [2.45, 2.75) is 32.6 Å². The highest BCUT2D eigenvalue weighted by atomic mass is 19.1. The highest BCUT2D eigenvalue weighted by molar-refractivity contribution is 5.94. The van der Waals surface area contributed by atoms with Crippen LogP contribution in [0, 0.1) is 17.7 Å². The zero-order valence-corrected chi connectivity index (χ0v) is 12.4. The fraction of sp³-hybridized carbons (Fsp3) is 0.562. The fourth-order valence-electron chi connectivity index (χ4n) is 2.77. The minimum atomic E-state index is -0.375. The van der Waals surface area contributed by atoms with E-state index in [-0.39, 0.29) is 17.6 Å². The number of carbonyl (C=O) groups excluding carboxylic acids is 1. The Hall–Kier alpha value is -1.62. The maximum Gasteiger partial charge on any atom is 0.227 e. The summed E-state index contributed by atoms with van der Waals surface area (Å²) in [5.41, 5.74) is 6.19. The van der Waals surface area contributed by atoms with E-state index >= 15 is 0 Å². The molecule has 0 saturated heterocycles. The quantitative estimate of drug-likeness (QED) is 0.877. The van der Waals surface area contributed by atoms with Crippen LogP contribution in [0.15, 0.2) is 18.2 Å². The summed E-state index contributed by atoms with van der Waals surface area (Å²) < 4.78 is 18.6. The average molecular weight is 294 g/mol. The van der Waals surface area contributed by atoms with Crippen LogP contribution in [-0.2, 0) is 4.79 Å². The predicted octanol–water partition coefficient (Wildman–Crippen LogP) is 2.93. The Labute approximate surface area is 124 Å². The molecule has 0 unspecified atom stereocenters. The van der Waals surface area contributed by atoms with Crippen molar-refractivity contribution in [2.75, 3.05) is 18.5 Å². The number of rotatable bonds is 5. The van der Waals surface area contributed by atoms with Crippen molar-refractivity contribution < 1.29 is 13.9 Å². The van der Waals surface area contributed by atoms with E-state index in [2.05, 4.69) is 5.32 Å². The van der Waals surface area contributed by atoms with Crippen LogP contribution < -0.4 is 15.8 Å². The van der Waals surface area contributed by atoms with Gasteiger partial charge in [0, 0.05) is 12.0 Å². The first-order valence-corrected chi connectivity index (χ1v) is 7.57. The van der Waals surface area contributed by atoms with Gasteiger partial charge in [-0.3, -0.25) is 4.79 Å². The number of hydrogen-bond donors (Lipinski definition) is 2. The molecule has 0 radical (unpaired) electrons. The summed E-state index contributed by atoms with van der Waals surface area (Å²) >= 11 is 0. The number of anilines is 1. The molecule has 116 valence electrons. The van der Waals surface area contributed by atoms with Gasteiger partial charge >= 0.3 is 0 Å². The summed E-state index contributed by atoms with van der Waals surface area (Å²) in [5, 5.41) is 2.86. The number of nitrogens with two attached hydrogens (primary N) is 1. The standard InChI is InChI=1S/C16H23FN2O2/c1-2-21-15-9-13(17)7-8-14(15)19-16(20)12-5-3-11(10-18)4-6-12/h7-9,11-12H,2-6,10,18H2,1H3,(H,19,20). The zero-order valence-electron chi connectivity index (χ0n) is 12.4. The molecule has 0 aliphatic heterocycles. The summed E-state index contributed by atoms with van der Waals surface area (Å²) in [6.07, 6.45) is 3.71. The average Bonchev–Trinajstić information content (AvgIpc) is 2.50. The third-order valence-electron chi connectivity index (χ3n) is 4.05. The largest absolute Gasteiger partial charge is 0.492 e. The molecule has 1 aromatic carbocycles. The minimum Gasteiger partial charge on any atom is -0.492 e. The second-order valence-corrected chi connectivity index (χ2v) is 5.52. The Balaban J connectivity index is 1.99. The van der Waals surface area contributed by atoms with Gasteiger partial charge < -0.3 is 15.8 Å². The molecule has 1 aliphatic carbocycles. The van der Waals surface area contributed by atoms with Gasteiger partial charge in [0.25, 0.3) is 0 Å². The molecular formula is C16H23FN2O2. The number of benzene rings is 1. The van der Waals surface area contributed by atoms with E-state index < -0.39 is 0 Å². The van der Waals surface area contributed by atoms with Gasteiger partial charge in [-0.1, -0.05) is 0 Å². The predicted molar refractivity (Wildman–Crippen MR) is 80.7 cm³/mol. The topological polar surface area (TPSA) is 64.3 Å².